The number of halogens is 3. The molecule has 6 rings (SSSR count). The zero-order valence-electron chi connectivity index (χ0n) is 20.0. The molecule has 2 aliphatic heterocycles. The molecule has 6 nitrogen and oxygen atoms in total. The van der Waals surface area contributed by atoms with Gasteiger partial charge in [-0.3, -0.25) is 14.5 Å². The molecule has 9 heteroatoms. The lowest BCUT2D eigenvalue weighted by atomic mass is 9.71. The molecule has 0 unspecified atom stereocenters. The SMILES string of the molecule is CCOc1cccc(CN2[C@H]3CCC(=O)[C@H]3[C@H](c3cccc(Cl)c3F)[C@]23C(=O)Nc2nc(Cl)ccc23)c1. The van der Waals surface area contributed by atoms with Crippen molar-refractivity contribution in [1.82, 2.24) is 9.88 Å². The van der Waals surface area contributed by atoms with Crippen LogP contribution in [-0.4, -0.2) is 34.2 Å². The van der Waals surface area contributed by atoms with E-state index in [1.54, 1.807) is 24.3 Å². The molecule has 1 aromatic heterocycles. The Hall–Kier alpha value is -3.00. The summed E-state index contributed by atoms with van der Waals surface area (Å²) in [5.74, 6) is -1.30. The molecule has 0 bridgehead atoms. The maximum atomic E-state index is 15.7. The van der Waals surface area contributed by atoms with Gasteiger partial charge >= 0.3 is 0 Å². The molecule has 1 N–H and O–H groups in total. The third kappa shape index (κ3) is 3.59. The van der Waals surface area contributed by atoms with Gasteiger partial charge in [0.15, 0.2) is 0 Å². The second-order valence-electron chi connectivity index (χ2n) is 9.68. The molecule has 1 saturated heterocycles. The van der Waals surface area contributed by atoms with Crippen LogP contribution < -0.4 is 10.1 Å². The predicted molar refractivity (Wildman–Crippen MR) is 138 cm³/mol. The average molecular weight is 540 g/mol. The second kappa shape index (κ2) is 9.08. The van der Waals surface area contributed by atoms with E-state index in [0.29, 0.717) is 37.4 Å². The molecule has 4 atom stereocenters. The van der Waals surface area contributed by atoms with E-state index in [0.717, 1.165) is 11.3 Å². The van der Waals surface area contributed by atoms with Crippen LogP contribution in [0.3, 0.4) is 0 Å². The normalized spacial score (nSPS) is 26.4. The van der Waals surface area contributed by atoms with Gasteiger partial charge in [0.25, 0.3) is 5.91 Å². The van der Waals surface area contributed by atoms with Gasteiger partial charge in [-0.15, -0.1) is 0 Å². The number of amides is 1. The quantitative estimate of drug-likeness (QED) is 0.420. The molecule has 1 spiro atoms. The van der Waals surface area contributed by atoms with Crippen molar-refractivity contribution < 1.29 is 18.7 Å². The second-order valence-corrected chi connectivity index (χ2v) is 10.5. The number of fused-ring (bicyclic) bond motifs is 3. The summed E-state index contributed by atoms with van der Waals surface area (Å²) >= 11 is 12.4. The standard InChI is InChI=1S/C28H24Cl2FN3O3/c1-2-37-16-6-3-5-15(13-16)14-34-20-10-11-21(35)23(20)24(17-7-4-8-19(29)25(17)31)28(34)18-9-12-22(30)32-26(18)33-27(28)36/h3-9,12-13,20,23-24H,2,10-11,14H2,1H3,(H,32,33,36)/t20-,23-,24-,28+/m0/s1. The molecule has 2 fully saturated rings. The summed E-state index contributed by atoms with van der Waals surface area (Å²) < 4.78 is 21.4. The minimum atomic E-state index is -1.38. The number of ether oxygens (including phenoxy) is 1. The zero-order chi connectivity index (χ0) is 25.9. The summed E-state index contributed by atoms with van der Waals surface area (Å²) in [6.45, 7) is 2.79. The number of pyridine rings is 1. The topological polar surface area (TPSA) is 71.5 Å². The third-order valence-electron chi connectivity index (χ3n) is 7.86. The highest BCUT2D eigenvalue weighted by molar-refractivity contribution is 6.31. The number of rotatable bonds is 5. The summed E-state index contributed by atoms with van der Waals surface area (Å²) in [6.07, 6.45) is 0.936. The van der Waals surface area contributed by atoms with Crippen LogP contribution in [0.2, 0.25) is 10.2 Å². The number of carbonyl (C=O) groups excluding carboxylic acids is 2. The fourth-order valence-corrected chi connectivity index (χ4v) is 6.91. The Bertz CT molecular complexity index is 1430. The van der Waals surface area contributed by atoms with Crippen molar-refractivity contribution in [3.63, 3.8) is 0 Å². The van der Waals surface area contributed by atoms with Crippen molar-refractivity contribution >= 4 is 40.7 Å². The molecule has 37 heavy (non-hydrogen) atoms. The van der Waals surface area contributed by atoms with Crippen LogP contribution in [0.5, 0.6) is 5.75 Å². The summed E-state index contributed by atoms with van der Waals surface area (Å²) in [7, 11) is 0. The van der Waals surface area contributed by atoms with E-state index in [1.165, 1.54) is 6.07 Å². The highest BCUT2D eigenvalue weighted by Crippen LogP contribution is 2.62. The molecule has 3 aromatic rings. The van der Waals surface area contributed by atoms with Crippen LogP contribution in [0, 0.1) is 11.7 Å². The number of anilines is 1. The first-order valence-electron chi connectivity index (χ1n) is 12.3. The van der Waals surface area contributed by atoms with Gasteiger partial charge in [-0.2, -0.15) is 0 Å². The lowest BCUT2D eigenvalue weighted by Gasteiger charge is -2.40. The highest BCUT2D eigenvalue weighted by Gasteiger charge is 2.69. The van der Waals surface area contributed by atoms with Gasteiger partial charge in [0, 0.05) is 36.4 Å². The average Bonchev–Trinajstić information content (AvgIpc) is 3.47. The third-order valence-corrected chi connectivity index (χ3v) is 8.37. The summed E-state index contributed by atoms with van der Waals surface area (Å²) in [5.41, 5.74) is 0.361. The van der Waals surface area contributed by atoms with Gasteiger partial charge < -0.3 is 10.1 Å². The number of benzene rings is 2. The number of nitrogens with one attached hydrogen (secondary N) is 1. The van der Waals surface area contributed by atoms with Crippen molar-refractivity contribution in [2.75, 3.05) is 11.9 Å². The number of hydrogen-bond donors (Lipinski definition) is 1. The van der Waals surface area contributed by atoms with Gasteiger partial charge in [0.1, 0.15) is 33.9 Å². The van der Waals surface area contributed by atoms with Gasteiger partial charge in [0.05, 0.1) is 11.6 Å². The van der Waals surface area contributed by atoms with Gasteiger partial charge in [-0.25, -0.2) is 9.37 Å². The van der Waals surface area contributed by atoms with Gasteiger partial charge in [-0.05, 0) is 54.8 Å². The molecule has 1 amide bonds. The van der Waals surface area contributed by atoms with Crippen molar-refractivity contribution in [1.29, 1.82) is 0 Å². The Kier molecular flexibility index (Phi) is 5.97. The molecule has 190 valence electrons. The highest BCUT2D eigenvalue weighted by atomic mass is 35.5. The molecule has 1 aliphatic carbocycles. The largest absolute Gasteiger partial charge is 0.494 e. The summed E-state index contributed by atoms with van der Waals surface area (Å²) in [6, 6.07) is 15.5. The van der Waals surface area contributed by atoms with Crippen LogP contribution in [0.4, 0.5) is 10.2 Å². The predicted octanol–water partition coefficient (Wildman–Crippen LogP) is 5.72. The van der Waals surface area contributed by atoms with Crippen molar-refractivity contribution in [2.24, 2.45) is 5.92 Å². The first-order valence-corrected chi connectivity index (χ1v) is 13.1. The zero-order valence-corrected chi connectivity index (χ0v) is 21.5. The Morgan fingerprint density at radius 2 is 1.97 bits per heavy atom. The molecular formula is C28H24Cl2FN3O3. The molecule has 3 aliphatic rings. The van der Waals surface area contributed by atoms with E-state index in [9.17, 15) is 9.59 Å². The number of aromatic nitrogens is 1. The van der Waals surface area contributed by atoms with E-state index < -0.39 is 23.2 Å². The van der Waals surface area contributed by atoms with Crippen molar-refractivity contribution in [2.45, 2.75) is 43.8 Å². The lowest BCUT2D eigenvalue weighted by Crippen LogP contribution is -2.51. The number of carbonyl (C=O) groups is 2. The van der Waals surface area contributed by atoms with E-state index in [4.69, 9.17) is 27.9 Å². The first-order chi connectivity index (χ1) is 17.9. The minimum absolute atomic E-state index is 0.0162. The molecule has 1 saturated carbocycles. The van der Waals surface area contributed by atoms with Crippen LogP contribution in [0.15, 0.2) is 54.6 Å². The number of likely N-dealkylation sites (tertiary alicyclic amines) is 1. The molecule has 0 radical (unpaired) electrons. The smallest absolute Gasteiger partial charge is 0.251 e. The lowest BCUT2D eigenvalue weighted by molar-refractivity contribution is -0.128. The maximum Gasteiger partial charge on any atom is 0.251 e. The number of nitrogens with zero attached hydrogens (tertiary/aromatic N) is 2. The van der Waals surface area contributed by atoms with Gasteiger partial charge in [-0.1, -0.05) is 47.5 Å². The van der Waals surface area contributed by atoms with E-state index in [1.807, 2.05) is 31.2 Å². The van der Waals surface area contributed by atoms with E-state index in [-0.39, 0.29) is 33.5 Å². The number of ketones is 1. The first kappa shape index (κ1) is 24.3. The number of hydrogen-bond acceptors (Lipinski definition) is 5. The minimum Gasteiger partial charge on any atom is -0.494 e. The Morgan fingerprint density at radius 1 is 1.16 bits per heavy atom. The summed E-state index contributed by atoms with van der Waals surface area (Å²) in [5, 5.41) is 3.07. The van der Waals surface area contributed by atoms with E-state index in [2.05, 4.69) is 15.2 Å². The van der Waals surface area contributed by atoms with E-state index >= 15 is 4.39 Å². The van der Waals surface area contributed by atoms with Crippen LogP contribution in [0.1, 0.15) is 42.4 Å². The Morgan fingerprint density at radius 3 is 2.78 bits per heavy atom. The van der Waals surface area contributed by atoms with Crippen LogP contribution >= 0.6 is 23.2 Å². The Balaban J connectivity index is 1.60. The summed E-state index contributed by atoms with van der Waals surface area (Å²) in [4.78, 5) is 34.0. The Labute approximate surface area is 223 Å². The van der Waals surface area contributed by atoms with Crippen LogP contribution in [-0.2, 0) is 21.7 Å². The monoisotopic (exact) mass is 539 g/mol. The molecular weight excluding hydrogens is 516 g/mol. The molecule has 2 aromatic carbocycles. The molecule has 3 heterocycles. The van der Waals surface area contributed by atoms with Gasteiger partial charge in [0.2, 0.25) is 0 Å². The van der Waals surface area contributed by atoms with Crippen molar-refractivity contribution in [3.8, 4) is 5.75 Å². The fourth-order valence-electron chi connectivity index (χ4n) is 6.58. The number of Topliss-reactive ketones (excluding diaryl/α,β-unsaturated/α-hetero) is 1. The fraction of sp³-hybridized carbons (Fsp3) is 0.321. The maximum absolute atomic E-state index is 15.7. The van der Waals surface area contributed by atoms with Crippen molar-refractivity contribution in [3.05, 3.63) is 87.3 Å². The van der Waals surface area contributed by atoms with Crippen LogP contribution in [0.25, 0.3) is 0 Å².